The Morgan fingerprint density at radius 3 is 2.76 bits per heavy atom. The van der Waals surface area contributed by atoms with Gasteiger partial charge < -0.3 is 11.1 Å². The molecule has 3 nitrogen and oxygen atoms in total. The number of hydrogen-bond acceptors (Lipinski definition) is 3. The van der Waals surface area contributed by atoms with E-state index in [4.69, 9.17) is 5.73 Å². The van der Waals surface area contributed by atoms with E-state index in [9.17, 15) is 0 Å². The van der Waals surface area contributed by atoms with Crippen molar-refractivity contribution in [3.8, 4) is 0 Å². The van der Waals surface area contributed by atoms with Gasteiger partial charge in [-0.1, -0.05) is 13.8 Å². The maximum Gasteiger partial charge on any atom is 0.0727 e. The first kappa shape index (κ1) is 14.2. The fraction of sp³-hybridized carbons (Fsp3) is 0.500. The first-order chi connectivity index (χ1) is 10.0. The molecule has 1 heterocycles. The second-order valence-electron chi connectivity index (χ2n) is 6.73. The van der Waals surface area contributed by atoms with Gasteiger partial charge in [0.25, 0.3) is 0 Å². The summed E-state index contributed by atoms with van der Waals surface area (Å²) in [5.41, 5.74) is 9.99. The van der Waals surface area contributed by atoms with E-state index in [1.807, 2.05) is 25.1 Å². The largest absolute Gasteiger partial charge is 0.399 e. The lowest BCUT2D eigenvalue weighted by Gasteiger charge is -2.34. The summed E-state index contributed by atoms with van der Waals surface area (Å²) in [6.07, 6.45) is 3.86. The van der Waals surface area contributed by atoms with Crippen LogP contribution in [0.15, 0.2) is 24.3 Å². The second-order valence-corrected chi connectivity index (χ2v) is 6.73. The van der Waals surface area contributed by atoms with Gasteiger partial charge in [0.1, 0.15) is 0 Å². The number of anilines is 2. The molecule has 1 aliphatic carbocycles. The first-order valence-electron chi connectivity index (χ1n) is 7.96. The van der Waals surface area contributed by atoms with Crippen LogP contribution in [0.2, 0.25) is 0 Å². The Hall–Kier alpha value is -1.77. The van der Waals surface area contributed by atoms with E-state index in [0.717, 1.165) is 28.2 Å². The standard InChI is InChI=1S/C18H25N3/c1-11-4-6-16(12(2)8-11)21-18-9-13(3)20-17-7-5-14(19)10-15(17)18/h5,7,9-12,16H,4,6,8,19H2,1-3H3,(H,20,21). The van der Waals surface area contributed by atoms with Gasteiger partial charge in [-0.2, -0.15) is 0 Å². The maximum absolute atomic E-state index is 5.95. The molecule has 3 rings (SSSR count). The number of fused-ring (bicyclic) bond motifs is 1. The van der Waals surface area contributed by atoms with E-state index < -0.39 is 0 Å². The van der Waals surface area contributed by atoms with E-state index in [2.05, 4.69) is 30.2 Å². The van der Waals surface area contributed by atoms with Crippen LogP contribution in [0.1, 0.15) is 38.8 Å². The summed E-state index contributed by atoms with van der Waals surface area (Å²) >= 11 is 0. The number of nitrogens with two attached hydrogens (primary N) is 1. The van der Waals surface area contributed by atoms with E-state index >= 15 is 0 Å². The Bertz CT molecular complexity index is 650. The fourth-order valence-electron chi connectivity index (χ4n) is 3.57. The molecular formula is C18H25N3. The van der Waals surface area contributed by atoms with Gasteiger partial charge in [-0.25, -0.2) is 0 Å². The molecule has 112 valence electrons. The topological polar surface area (TPSA) is 50.9 Å². The summed E-state index contributed by atoms with van der Waals surface area (Å²) < 4.78 is 0. The van der Waals surface area contributed by atoms with Crippen molar-refractivity contribution in [3.63, 3.8) is 0 Å². The molecule has 0 bridgehead atoms. The molecule has 0 radical (unpaired) electrons. The zero-order valence-corrected chi connectivity index (χ0v) is 13.2. The van der Waals surface area contributed by atoms with Crippen molar-refractivity contribution in [2.24, 2.45) is 11.8 Å². The van der Waals surface area contributed by atoms with E-state index in [0.29, 0.717) is 12.0 Å². The van der Waals surface area contributed by atoms with Crippen molar-refractivity contribution in [2.75, 3.05) is 11.1 Å². The number of aryl methyl sites for hydroxylation is 1. The number of nitrogens with zero attached hydrogens (tertiary/aromatic N) is 1. The molecule has 0 amide bonds. The lowest BCUT2D eigenvalue weighted by Crippen LogP contribution is -2.33. The van der Waals surface area contributed by atoms with Gasteiger partial charge in [0.2, 0.25) is 0 Å². The summed E-state index contributed by atoms with van der Waals surface area (Å²) in [4.78, 5) is 4.61. The Morgan fingerprint density at radius 1 is 1.19 bits per heavy atom. The molecule has 0 aliphatic heterocycles. The van der Waals surface area contributed by atoms with Crippen molar-refractivity contribution < 1.29 is 0 Å². The minimum atomic E-state index is 0.549. The molecule has 1 aliphatic rings. The summed E-state index contributed by atoms with van der Waals surface area (Å²) in [7, 11) is 0. The summed E-state index contributed by atoms with van der Waals surface area (Å²) in [6.45, 7) is 6.77. The third-order valence-corrected chi connectivity index (χ3v) is 4.73. The van der Waals surface area contributed by atoms with Crippen molar-refractivity contribution in [1.29, 1.82) is 0 Å². The Labute approximate surface area is 127 Å². The van der Waals surface area contributed by atoms with Gasteiger partial charge in [-0.05, 0) is 62.3 Å². The van der Waals surface area contributed by atoms with Gasteiger partial charge in [0, 0.05) is 28.5 Å². The molecule has 0 spiro atoms. The molecule has 3 unspecified atom stereocenters. The molecule has 0 saturated heterocycles. The Kier molecular flexibility index (Phi) is 3.75. The van der Waals surface area contributed by atoms with Crippen molar-refractivity contribution in [1.82, 2.24) is 4.98 Å². The zero-order valence-electron chi connectivity index (χ0n) is 13.2. The van der Waals surface area contributed by atoms with Crippen LogP contribution in [0.5, 0.6) is 0 Å². The minimum Gasteiger partial charge on any atom is -0.399 e. The molecule has 1 fully saturated rings. The predicted molar refractivity (Wildman–Crippen MR) is 90.5 cm³/mol. The van der Waals surface area contributed by atoms with Gasteiger partial charge in [-0.3, -0.25) is 4.98 Å². The van der Waals surface area contributed by atoms with Gasteiger partial charge in [0.15, 0.2) is 0 Å². The number of nitrogens with one attached hydrogen (secondary N) is 1. The fourth-order valence-corrected chi connectivity index (χ4v) is 3.57. The average molecular weight is 283 g/mol. The van der Waals surface area contributed by atoms with Crippen LogP contribution in [-0.2, 0) is 0 Å². The third kappa shape index (κ3) is 2.97. The smallest absolute Gasteiger partial charge is 0.0727 e. The summed E-state index contributed by atoms with van der Waals surface area (Å²) in [5, 5.41) is 4.90. The van der Waals surface area contributed by atoms with E-state index in [1.54, 1.807) is 0 Å². The van der Waals surface area contributed by atoms with E-state index in [-0.39, 0.29) is 0 Å². The van der Waals surface area contributed by atoms with Gasteiger partial charge in [0.05, 0.1) is 5.52 Å². The molecular weight excluding hydrogens is 258 g/mol. The van der Waals surface area contributed by atoms with Crippen LogP contribution in [0.25, 0.3) is 10.9 Å². The molecule has 1 saturated carbocycles. The lowest BCUT2D eigenvalue weighted by atomic mass is 9.80. The number of hydrogen-bond donors (Lipinski definition) is 2. The van der Waals surface area contributed by atoms with Gasteiger partial charge >= 0.3 is 0 Å². The quantitative estimate of drug-likeness (QED) is 0.805. The van der Waals surface area contributed by atoms with Crippen LogP contribution < -0.4 is 11.1 Å². The Morgan fingerprint density at radius 2 is 2.00 bits per heavy atom. The highest BCUT2D eigenvalue weighted by Crippen LogP contribution is 2.33. The Balaban J connectivity index is 1.94. The second kappa shape index (κ2) is 5.55. The SMILES string of the molecule is Cc1cc(NC2CCC(C)CC2C)c2cc(N)ccc2n1. The summed E-state index contributed by atoms with van der Waals surface area (Å²) in [5.74, 6) is 1.56. The molecule has 3 N–H and O–H groups in total. The highest BCUT2D eigenvalue weighted by molar-refractivity contribution is 5.93. The van der Waals surface area contributed by atoms with E-state index in [1.165, 1.54) is 24.9 Å². The third-order valence-electron chi connectivity index (χ3n) is 4.73. The molecule has 3 heteroatoms. The number of benzene rings is 1. The molecule has 2 aromatic rings. The average Bonchev–Trinajstić information content (AvgIpc) is 2.42. The summed E-state index contributed by atoms with van der Waals surface area (Å²) in [6, 6.07) is 8.65. The molecule has 3 atom stereocenters. The van der Waals surface area contributed by atoms with Crippen molar-refractivity contribution in [2.45, 2.75) is 46.1 Å². The molecule has 1 aromatic carbocycles. The number of nitrogen functional groups attached to an aromatic ring is 1. The highest BCUT2D eigenvalue weighted by Gasteiger charge is 2.25. The molecule has 21 heavy (non-hydrogen) atoms. The normalized spacial score (nSPS) is 26.0. The first-order valence-corrected chi connectivity index (χ1v) is 7.96. The monoisotopic (exact) mass is 283 g/mol. The van der Waals surface area contributed by atoms with Crippen molar-refractivity contribution >= 4 is 22.3 Å². The van der Waals surface area contributed by atoms with Crippen LogP contribution in [0.4, 0.5) is 11.4 Å². The van der Waals surface area contributed by atoms with Crippen LogP contribution in [-0.4, -0.2) is 11.0 Å². The predicted octanol–water partition coefficient (Wildman–Crippen LogP) is 4.36. The number of rotatable bonds is 2. The molecule has 1 aromatic heterocycles. The van der Waals surface area contributed by atoms with Crippen LogP contribution in [0.3, 0.4) is 0 Å². The van der Waals surface area contributed by atoms with Crippen LogP contribution >= 0.6 is 0 Å². The number of aromatic nitrogens is 1. The zero-order chi connectivity index (χ0) is 15.0. The lowest BCUT2D eigenvalue weighted by molar-refractivity contribution is 0.276. The van der Waals surface area contributed by atoms with Crippen LogP contribution in [0, 0.1) is 18.8 Å². The maximum atomic E-state index is 5.95. The highest BCUT2D eigenvalue weighted by atomic mass is 14.9. The van der Waals surface area contributed by atoms with Gasteiger partial charge in [-0.15, -0.1) is 0 Å². The minimum absolute atomic E-state index is 0.549. The van der Waals surface area contributed by atoms with Crippen molar-refractivity contribution in [3.05, 3.63) is 30.0 Å². The number of pyridine rings is 1.